The van der Waals surface area contributed by atoms with Crippen LogP contribution in [0, 0.1) is 6.92 Å². The van der Waals surface area contributed by atoms with Crippen molar-refractivity contribution in [1.29, 1.82) is 0 Å². The Labute approximate surface area is 271 Å². The molecule has 234 valence electrons. The van der Waals surface area contributed by atoms with E-state index in [0.29, 0.717) is 24.0 Å². The van der Waals surface area contributed by atoms with Gasteiger partial charge in [0.15, 0.2) is 5.65 Å². The lowest BCUT2D eigenvalue weighted by Gasteiger charge is -2.35. The standard InChI is InChI=1S/C34H40N6O2.2ClH/c1-4-29-35-25(2)31-34(41)39(28-17-18-30(42-3)36-33(28)40(29)31)20-12-11-19-37-21-23-38(24-22-37)32(26-13-7-5-8-14-26)27-15-9-6-10-16-27;;/h5-10,13-18,32H,4,11-12,19-24H2,1-3H3;2*1H. The van der Waals surface area contributed by atoms with Gasteiger partial charge in [-0.05, 0) is 25.8 Å². The lowest BCUT2D eigenvalue weighted by molar-refractivity contribution is -1.02. The van der Waals surface area contributed by atoms with Gasteiger partial charge in [0, 0.05) is 30.2 Å². The second kappa shape index (κ2) is 15.0. The zero-order valence-corrected chi connectivity index (χ0v) is 27.2. The van der Waals surface area contributed by atoms with Crippen LogP contribution in [0.2, 0.25) is 0 Å². The normalized spacial score (nSPS) is 16.5. The van der Waals surface area contributed by atoms with Gasteiger partial charge in [-0.15, -0.1) is 0 Å². The van der Waals surface area contributed by atoms with Crippen molar-refractivity contribution in [1.82, 2.24) is 18.9 Å². The Morgan fingerprint density at radius 2 is 1.50 bits per heavy atom. The van der Waals surface area contributed by atoms with Crippen molar-refractivity contribution in [3.63, 3.8) is 0 Å². The van der Waals surface area contributed by atoms with Crippen LogP contribution in [0.4, 0.5) is 0 Å². The third kappa shape index (κ3) is 6.64. The van der Waals surface area contributed by atoms with E-state index < -0.39 is 0 Å². The number of rotatable bonds is 10. The third-order valence-electron chi connectivity index (χ3n) is 8.86. The largest absolute Gasteiger partial charge is 1.00 e. The first-order valence-corrected chi connectivity index (χ1v) is 15.3. The zero-order valence-electron chi connectivity index (χ0n) is 25.7. The van der Waals surface area contributed by atoms with Crippen LogP contribution >= 0.6 is 0 Å². The van der Waals surface area contributed by atoms with Gasteiger partial charge in [-0.1, -0.05) is 67.6 Å². The van der Waals surface area contributed by atoms with Crippen LogP contribution in [-0.4, -0.2) is 58.8 Å². The van der Waals surface area contributed by atoms with E-state index in [0.717, 1.165) is 61.6 Å². The van der Waals surface area contributed by atoms with Gasteiger partial charge < -0.3 is 43.9 Å². The van der Waals surface area contributed by atoms with E-state index in [1.165, 1.54) is 24.2 Å². The van der Waals surface area contributed by atoms with Gasteiger partial charge in [-0.25, -0.2) is 4.98 Å². The molecule has 8 nitrogen and oxygen atoms in total. The Hall–Kier alpha value is -3.43. The van der Waals surface area contributed by atoms with Crippen LogP contribution in [0.5, 0.6) is 5.88 Å². The number of halogens is 2. The number of imidazole rings is 1. The second-order valence-corrected chi connectivity index (χ2v) is 11.4. The summed E-state index contributed by atoms with van der Waals surface area (Å²) in [5.41, 5.74) is 5.74. The fraction of sp³-hybridized carbons (Fsp3) is 0.382. The van der Waals surface area contributed by atoms with Crippen LogP contribution in [-0.2, 0) is 13.0 Å². The molecule has 0 saturated carbocycles. The number of unbranched alkanes of at least 4 members (excludes halogenated alkanes) is 1. The van der Waals surface area contributed by atoms with Crippen molar-refractivity contribution in [2.75, 3.05) is 39.8 Å². The summed E-state index contributed by atoms with van der Waals surface area (Å²) in [6, 6.07) is 26.1. The molecule has 3 aromatic heterocycles. The van der Waals surface area contributed by atoms with Gasteiger partial charge in [0.2, 0.25) is 5.88 Å². The Morgan fingerprint density at radius 1 is 0.864 bits per heavy atom. The third-order valence-corrected chi connectivity index (χ3v) is 8.86. The Balaban J connectivity index is 0.00000221. The SMILES string of the molecule is CCc1nc(C)c2c(=O)n(CCCC[NH+]3CC[NH+](C(c4ccccc4)c4ccccc4)CC3)c3ccc(OC)nc3n12.[Cl-].[Cl-]. The molecule has 2 aromatic carbocycles. The first-order chi connectivity index (χ1) is 20.6. The Morgan fingerprint density at radius 3 is 2.09 bits per heavy atom. The predicted molar refractivity (Wildman–Crippen MR) is 166 cm³/mol. The molecule has 4 heterocycles. The van der Waals surface area contributed by atoms with E-state index in [-0.39, 0.29) is 30.4 Å². The number of nitrogens with zero attached hydrogens (tertiary/aromatic N) is 4. The highest BCUT2D eigenvalue weighted by atomic mass is 35.5. The summed E-state index contributed by atoms with van der Waals surface area (Å²) >= 11 is 0. The number of hydrogen-bond acceptors (Lipinski definition) is 4. The molecular weight excluding hydrogens is 595 g/mol. The first kappa shape index (κ1) is 33.5. The fourth-order valence-electron chi connectivity index (χ4n) is 6.74. The number of piperazine rings is 1. The zero-order chi connectivity index (χ0) is 29.1. The Bertz CT molecular complexity index is 1680. The number of ether oxygens (including phenoxy) is 1. The van der Waals surface area contributed by atoms with Crippen molar-refractivity contribution in [3.8, 4) is 5.88 Å². The number of methoxy groups -OCH3 is 1. The summed E-state index contributed by atoms with van der Waals surface area (Å²) in [4.78, 5) is 26.5. The summed E-state index contributed by atoms with van der Waals surface area (Å²) in [5, 5.41) is 0. The second-order valence-electron chi connectivity index (χ2n) is 11.4. The molecule has 0 aliphatic carbocycles. The molecule has 0 unspecified atom stereocenters. The molecule has 0 bridgehead atoms. The molecule has 1 aliphatic rings. The first-order valence-electron chi connectivity index (χ1n) is 15.3. The van der Waals surface area contributed by atoms with Crippen molar-refractivity contribution in [3.05, 3.63) is 106 Å². The van der Waals surface area contributed by atoms with Crippen LogP contribution in [0.15, 0.2) is 77.6 Å². The average molecular weight is 638 g/mol. The van der Waals surface area contributed by atoms with Gasteiger partial charge in [0.1, 0.15) is 43.6 Å². The molecule has 2 N–H and O–H groups in total. The summed E-state index contributed by atoms with van der Waals surface area (Å²) < 4.78 is 9.25. The molecule has 1 fully saturated rings. The van der Waals surface area contributed by atoms with E-state index in [2.05, 4.69) is 67.6 Å². The van der Waals surface area contributed by atoms with Gasteiger partial charge in [-0.2, -0.15) is 4.98 Å². The van der Waals surface area contributed by atoms with Gasteiger partial charge in [-0.3, -0.25) is 9.20 Å². The molecule has 10 heteroatoms. The van der Waals surface area contributed by atoms with Crippen molar-refractivity contribution < 1.29 is 39.4 Å². The number of benzene rings is 2. The molecule has 0 spiro atoms. The molecule has 5 aromatic rings. The minimum absolute atomic E-state index is 0. The summed E-state index contributed by atoms with van der Waals surface area (Å²) in [6.07, 6.45) is 2.75. The van der Waals surface area contributed by atoms with Crippen LogP contribution in [0.1, 0.15) is 48.5 Å². The number of aromatic nitrogens is 4. The minimum atomic E-state index is 0. The number of fused-ring (bicyclic) bond motifs is 3. The molecule has 0 radical (unpaired) electrons. The van der Waals surface area contributed by atoms with Crippen LogP contribution in [0.3, 0.4) is 0 Å². The van der Waals surface area contributed by atoms with Crippen molar-refractivity contribution in [2.24, 2.45) is 0 Å². The van der Waals surface area contributed by atoms with E-state index in [1.54, 1.807) is 16.9 Å². The number of pyridine rings is 1. The summed E-state index contributed by atoms with van der Waals surface area (Å²) in [5.74, 6) is 1.39. The quantitative estimate of drug-likeness (QED) is 0.155. The van der Waals surface area contributed by atoms with Gasteiger partial charge >= 0.3 is 0 Å². The monoisotopic (exact) mass is 636 g/mol. The maximum atomic E-state index is 13.7. The fourth-order valence-corrected chi connectivity index (χ4v) is 6.74. The summed E-state index contributed by atoms with van der Waals surface area (Å²) in [6.45, 7) is 10.4. The van der Waals surface area contributed by atoms with E-state index >= 15 is 0 Å². The van der Waals surface area contributed by atoms with Gasteiger partial charge in [0.25, 0.3) is 5.56 Å². The lowest BCUT2D eigenvalue weighted by atomic mass is 9.96. The highest BCUT2D eigenvalue weighted by Gasteiger charge is 2.31. The topological polar surface area (TPSA) is 70.3 Å². The van der Waals surface area contributed by atoms with Crippen molar-refractivity contribution in [2.45, 2.75) is 45.7 Å². The lowest BCUT2D eigenvalue weighted by Crippen LogP contribution is -3.28. The molecule has 1 saturated heterocycles. The maximum absolute atomic E-state index is 13.7. The van der Waals surface area contributed by atoms with Crippen molar-refractivity contribution >= 4 is 16.7 Å². The number of nitrogens with one attached hydrogen (secondary N) is 2. The smallest absolute Gasteiger partial charge is 0.277 e. The highest BCUT2D eigenvalue weighted by molar-refractivity contribution is 5.77. The van der Waals surface area contributed by atoms with E-state index in [1.807, 2.05) is 28.0 Å². The maximum Gasteiger partial charge on any atom is 0.277 e. The number of hydrogen-bond donors (Lipinski definition) is 2. The van der Waals surface area contributed by atoms with Gasteiger partial charge in [0.05, 0.1) is 24.9 Å². The van der Waals surface area contributed by atoms with Crippen LogP contribution < -0.4 is 44.9 Å². The average Bonchev–Trinajstić information content (AvgIpc) is 3.39. The predicted octanol–water partition coefficient (Wildman–Crippen LogP) is -3.72. The minimum Gasteiger partial charge on any atom is -1.00 e. The van der Waals surface area contributed by atoms with E-state index in [9.17, 15) is 4.79 Å². The molecule has 44 heavy (non-hydrogen) atoms. The highest BCUT2D eigenvalue weighted by Crippen LogP contribution is 2.21. The van der Waals surface area contributed by atoms with Crippen LogP contribution in [0.25, 0.3) is 16.7 Å². The Kier molecular flexibility index (Phi) is 11.4. The molecule has 0 amide bonds. The molecule has 0 atom stereocenters. The summed E-state index contributed by atoms with van der Waals surface area (Å²) in [7, 11) is 1.62. The number of quaternary nitrogens is 2. The molecule has 1 aliphatic heterocycles. The molecular formula is C34H42Cl2N6O2. The molecule has 6 rings (SSSR count). The number of aryl methyl sites for hydroxylation is 3. The van der Waals surface area contributed by atoms with E-state index in [4.69, 9.17) is 14.7 Å².